The van der Waals surface area contributed by atoms with E-state index in [1.165, 1.54) is 25.4 Å². The quantitative estimate of drug-likeness (QED) is 0.672. The second kappa shape index (κ2) is 7.98. The molecule has 3 aromatic rings. The number of carbonyl (C=O) groups excluding carboxylic acids is 1. The van der Waals surface area contributed by atoms with Crippen molar-refractivity contribution >= 4 is 22.5 Å². The number of methoxy groups -OCH3 is 1. The van der Waals surface area contributed by atoms with Crippen molar-refractivity contribution in [1.29, 1.82) is 0 Å². The molecule has 1 aliphatic heterocycles. The predicted octanol–water partition coefficient (Wildman–Crippen LogP) is 3.64. The van der Waals surface area contributed by atoms with Crippen LogP contribution in [-0.4, -0.2) is 29.2 Å². The van der Waals surface area contributed by atoms with Gasteiger partial charge in [0.2, 0.25) is 0 Å². The minimum Gasteiger partial charge on any atom is -0.490 e. The van der Waals surface area contributed by atoms with Crippen LogP contribution in [-0.2, 0) is 16.1 Å². The molecule has 2 heterocycles. The fraction of sp³-hybridized carbons (Fsp3) is 0.182. The topological polar surface area (TPSA) is 66.5 Å². The van der Waals surface area contributed by atoms with Gasteiger partial charge in [-0.05, 0) is 48.4 Å². The summed E-state index contributed by atoms with van der Waals surface area (Å²) in [6.45, 7) is 2.09. The third-order valence-corrected chi connectivity index (χ3v) is 4.86. The molecule has 1 amide bonds. The Balaban J connectivity index is 1.66. The normalized spacial score (nSPS) is 16.3. The number of benzene rings is 2. The summed E-state index contributed by atoms with van der Waals surface area (Å²) in [5, 5.41) is 7.10. The lowest BCUT2D eigenvalue weighted by Crippen LogP contribution is -2.54. The van der Waals surface area contributed by atoms with Crippen molar-refractivity contribution in [2.24, 2.45) is 0 Å². The largest absolute Gasteiger partial charge is 0.490 e. The van der Waals surface area contributed by atoms with Crippen LogP contribution in [0.4, 0.5) is 14.5 Å². The number of pyridine rings is 1. The molecule has 0 saturated heterocycles. The van der Waals surface area contributed by atoms with Gasteiger partial charge in [-0.1, -0.05) is 6.07 Å². The molecular formula is C22H20F2N4O2. The second-order valence-electron chi connectivity index (χ2n) is 7.03. The number of anilines is 1. The van der Waals surface area contributed by atoms with Gasteiger partial charge in [0.25, 0.3) is 5.91 Å². The molecule has 154 valence electrons. The van der Waals surface area contributed by atoms with Crippen LogP contribution in [0.15, 0.2) is 60.6 Å². The molecule has 1 unspecified atom stereocenters. The molecule has 30 heavy (non-hydrogen) atoms. The monoisotopic (exact) mass is 410 g/mol. The summed E-state index contributed by atoms with van der Waals surface area (Å²) in [6, 6.07) is 11.1. The number of aromatic nitrogens is 1. The van der Waals surface area contributed by atoms with Gasteiger partial charge in [-0.15, -0.1) is 0 Å². The van der Waals surface area contributed by atoms with Crippen LogP contribution in [0.5, 0.6) is 0 Å². The number of hydrogen-bond donors (Lipinski definition) is 2. The molecule has 2 aromatic carbocycles. The van der Waals surface area contributed by atoms with Gasteiger partial charge in [0.1, 0.15) is 11.6 Å². The zero-order valence-electron chi connectivity index (χ0n) is 16.4. The molecule has 1 aromatic heterocycles. The molecule has 8 heteroatoms. The van der Waals surface area contributed by atoms with E-state index in [9.17, 15) is 13.6 Å². The average Bonchev–Trinajstić information content (AvgIpc) is 2.69. The smallest absolute Gasteiger partial charge is 0.290 e. The molecule has 1 aliphatic rings. The molecule has 2 N–H and O–H groups in total. The van der Waals surface area contributed by atoms with Gasteiger partial charge < -0.3 is 20.3 Å². The molecule has 4 rings (SSSR count). The number of nitrogens with zero attached hydrogens (tertiary/aromatic N) is 2. The maximum Gasteiger partial charge on any atom is 0.290 e. The van der Waals surface area contributed by atoms with Crippen LogP contribution >= 0.6 is 0 Å². The summed E-state index contributed by atoms with van der Waals surface area (Å²) in [4.78, 5) is 18.4. The number of fused-ring (bicyclic) bond motifs is 1. The van der Waals surface area contributed by atoms with Crippen molar-refractivity contribution in [3.05, 3.63) is 83.4 Å². The molecule has 0 saturated carbocycles. The van der Waals surface area contributed by atoms with E-state index in [-0.39, 0.29) is 12.3 Å². The standard InChI is InChI=1S/C22H20F2N4O2/c1-13-6-15-4-3-5-25-19(15)10-18(13)26-22-27-21(29)20(30-2)12-28(22)11-14-7-16(23)9-17(24)8-14/h3-10,12,22,26H,11H2,1-2H3,(H,27,29). The Labute approximate surface area is 172 Å². The lowest BCUT2D eigenvalue weighted by atomic mass is 10.1. The Hall–Kier alpha value is -3.68. The number of amides is 1. The molecule has 0 spiro atoms. The SMILES string of the molecule is COC1=CN(Cc2cc(F)cc(F)c2)C(Nc2cc3ncccc3cc2C)NC1=O. The maximum absolute atomic E-state index is 13.6. The van der Waals surface area contributed by atoms with Gasteiger partial charge >= 0.3 is 0 Å². The van der Waals surface area contributed by atoms with E-state index < -0.39 is 23.8 Å². The molecule has 0 bridgehead atoms. The van der Waals surface area contributed by atoms with Gasteiger partial charge in [-0.3, -0.25) is 9.78 Å². The summed E-state index contributed by atoms with van der Waals surface area (Å²) < 4.78 is 32.4. The van der Waals surface area contributed by atoms with E-state index in [1.54, 1.807) is 11.1 Å². The molecule has 0 radical (unpaired) electrons. The first-order valence-electron chi connectivity index (χ1n) is 9.32. The van der Waals surface area contributed by atoms with Gasteiger partial charge in [-0.25, -0.2) is 8.78 Å². The summed E-state index contributed by atoms with van der Waals surface area (Å²) in [7, 11) is 1.39. The Morgan fingerprint density at radius 2 is 1.97 bits per heavy atom. The van der Waals surface area contributed by atoms with Crippen molar-refractivity contribution in [2.75, 3.05) is 12.4 Å². The zero-order chi connectivity index (χ0) is 21.3. The van der Waals surface area contributed by atoms with Crippen LogP contribution in [0, 0.1) is 18.6 Å². The first-order valence-corrected chi connectivity index (χ1v) is 9.32. The second-order valence-corrected chi connectivity index (χ2v) is 7.03. The average molecular weight is 410 g/mol. The number of hydrogen-bond acceptors (Lipinski definition) is 5. The summed E-state index contributed by atoms with van der Waals surface area (Å²) >= 11 is 0. The van der Waals surface area contributed by atoms with Crippen LogP contribution in [0.25, 0.3) is 10.9 Å². The number of halogens is 2. The lowest BCUT2D eigenvalue weighted by Gasteiger charge is -2.36. The van der Waals surface area contributed by atoms with Crippen molar-refractivity contribution in [3.8, 4) is 0 Å². The van der Waals surface area contributed by atoms with Crippen LogP contribution in [0.1, 0.15) is 11.1 Å². The maximum atomic E-state index is 13.6. The van der Waals surface area contributed by atoms with Crippen LogP contribution in [0.3, 0.4) is 0 Å². The van der Waals surface area contributed by atoms with E-state index in [4.69, 9.17) is 4.74 Å². The van der Waals surface area contributed by atoms with E-state index in [1.807, 2.05) is 31.2 Å². The van der Waals surface area contributed by atoms with E-state index in [0.29, 0.717) is 5.56 Å². The van der Waals surface area contributed by atoms with E-state index in [2.05, 4.69) is 15.6 Å². The van der Waals surface area contributed by atoms with Crippen molar-refractivity contribution in [2.45, 2.75) is 19.8 Å². The number of ether oxygens (including phenoxy) is 1. The minimum atomic E-state index is -0.664. The zero-order valence-corrected chi connectivity index (χ0v) is 16.4. The molecular weight excluding hydrogens is 390 g/mol. The molecule has 0 fully saturated rings. The van der Waals surface area contributed by atoms with Gasteiger partial charge in [0, 0.05) is 29.9 Å². The number of aryl methyl sites for hydroxylation is 1. The number of nitrogens with one attached hydrogen (secondary N) is 2. The molecule has 1 atom stereocenters. The Bertz CT molecular complexity index is 1130. The predicted molar refractivity (Wildman–Crippen MR) is 109 cm³/mol. The number of carbonyl (C=O) groups is 1. The van der Waals surface area contributed by atoms with Crippen LogP contribution in [0.2, 0.25) is 0 Å². The molecule has 0 aliphatic carbocycles. The first-order chi connectivity index (χ1) is 14.4. The minimum absolute atomic E-state index is 0.0989. The van der Waals surface area contributed by atoms with Crippen molar-refractivity contribution in [1.82, 2.24) is 15.2 Å². The van der Waals surface area contributed by atoms with Gasteiger partial charge in [0.15, 0.2) is 12.0 Å². The first kappa shape index (κ1) is 19.6. The highest BCUT2D eigenvalue weighted by molar-refractivity contribution is 5.92. The fourth-order valence-electron chi connectivity index (χ4n) is 3.41. The Morgan fingerprint density at radius 1 is 1.20 bits per heavy atom. The van der Waals surface area contributed by atoms with E-state index in [0.717, 1.165) is 28.2 Å². The number of rotatable bonds is 5. The van der Waals surface area contributed by atoms with E-state index >= 15 is 0 Å². The van der Waals surface area contributed by atoms with Gasteiger partial charge in [-0.2, -0.15) is 0 Å². The van der Waals surface area contributed by atoms with Crippen molar-refractivity contribution < 1.29 is 18.3 Å². The Morgan fingerprint density at radius 3 is 2.70 bits per heavy atom. The Kier molecular flexibility index (Phi) is 5.22. The fourth-order valence-corrected chi connectivity index (χ4v) is 3.41. The highest BCUT2D eigenvalue weighted by Crippen LogP contribution is 2.24. The van der Waals surface area contributed by atoms with Crippen molar-refractivity contribution in [3.63, 3.8) is 0 Å². The third kappa shape index (κ3) is 4.03. The third-order valence-electron chi connectivity index (χ3n) is 4.86. The van der Waals surface area contributed by atoms with Gasteiger partial charge in [0.05, 0.1) is 18.8 Å². The highest BCUT2D eigenvalue weighted by Gasteiger charge is 2.28. The summed E-state index contributed by atoms with van der Waals surface area (Å²) in [5.41, 5.74) is 2.96. The summed E-state index contributed by atoms with van der Waals surface area (Å²) in [5.74, 6) is -1.62. The highest BCUT2D eigenvalue weighted by atomic mass is 19.1. The molecule has 6 nitrogen and oxygen atoms in total. The van der Waals surface area contributed by atoms with Crippen LogP contribution < -0.4 is 10.6 Å². The summed E-state index contributed by atoms with van der Waals surface area (Å²) in [6.07, 6.45) is 2.57. The lowest BCUT2D eigenvalue weighted by molar-refractivity contribution is -0.123.